The van der Waals surface area contributed by atoms with Gasteiger partial charge in [0, 0.05) is 24.7 Å². The van der Waals surface area contributed by atoms with Crippen LogP contribution in [0.4, 0.5) is 9.18 Å². The molecule has 3 aromatic rings. The molecule has 2 amide bonds. The van der Waals surface area contributed by atoms with Gasteiger partial charge in [-0.25, -0.2) is 19.2 Å². The van der Waals surface area contributed by atoms with Crippen molar-refractivity contribution in [2.75, 3.05) is 13.2 Å². The Bertz CT molecular complexity index is 1860. The second kappa shape index (κ2) is 17.0. The molecule has 0 fully saturated rings. The van der Waals surface area contributed by atoms with Gasteiger partial charge in [0.2, 0.25) is 8.32 Å². The summed E-state index contributed by atoms with van der Waals surface area (Å²) in [6.07, 6.45) is 8.31. The highest BCUT2D eigenvalue weighted by molar-refractivity contribution is 6.74. The van der Waals surface area contributed by atoms with Crippen LogP contribution in [0.25, 0.3) is 11.8 Å². The molecule has 0 radical (unpaired) electrons. The number of rotatable bonds is 16. The molecule has 0 bridgehead atoms. The van der Waals surface area contributed by atoms with Crippen molar-refractivity contribution in [1.82, 2.24) is 10.2 Å². The normalized spacial score (nSPS) is 15.2. The van der Waals surface area contributed by atoms with Crippen molar-refractivity contribution >= 4 is 43.6 Å². The largest absolute Gasteiger partial charge is 0.544 e. The standard InChI is InChI=1S/C41H49FN4O5Si/c1-41(2,3)52(4,5)51-32-20-18-31(19-21-32)36-28-46-38(34(44-36)26-29-15-11-10-12-16-29)45-35(39(46)47)27-30-17-22-37(33(42)25-30)50-24-14-9-7-6-8-13-23-43-40(48)49/h10-12,15-22,25,27-28,43H,6-9,13-14,23-24,26H2,1-5H3,(H,48,49)/b35-27-. The number of amides is 2. The number of unbranched alkanes of at least 4 members (excludes halogenated alkanes) is 5. The van der Waals surface area contributed by atoms with Crippen LogP contribution < -0.4 is 14.5 Å². The van der Waals surface area contributed by atoms with Crippen LogP contribution in [0.1, 0.15) is 76.0 Å². The first kappa shape index (κ1) is 38.2. The lowest BCUT2D eigenvalue weighted by Gasteiger charge is -2.36. The van der Waals surface area contributed by atoms with Gasteiger partial charge in [0.15, 0.2) is 17.4 Å². The number of nitrogens with zero attached hydrogens (tertiary/aromatic N) is 3. The Morgan fingerprint density at radius 2 is 1.63 bits per heavy atom. The van der Waals surface area contributed by atoms with Crippen molar-refractivity contribution in [2.24, 2.45) is 9.98 Å². The van der Waals surface area contributed by atoms with Gasteiger partial charge in [-0.1, -0.05) is 82.9 Å². The number of fused-ring (bicyclic) bond motifs is 1. The topological polar surface area (TPSA) is 113 Å². The summed E-state index contributed by atoms with van der Waals surface area (Å²) in [5.41, 5.74) is 3.87. The van der Waals surface area contributed by atoms with Crippen LogP contribution in [0, 0.1) is 5.82 Å². The van der Waals surface area contributed by atoms with Crippen LogP contribution >= 0.6 is 0 Å². The number of carboxylic acid groups (broad SMARTS) is 1. The Kier molecular flexibility index (Phi) is 12.5. The zero-order valence-electron chi connectivity index (χ0n) is 30.7. The number of hydrogen-bond donors (Lipinski definition) is 2. The molecule has 274 valence electrons. The van der Waals surface area contributed by atoms with Crippen LogP contribution in [-0.4, -0.2) is 55.0 Å². The van der Waals surface area contributed by atoms with Crippen LogP contribution in [0.15, 0.2) is 94.7 Å². The van der Waals surface area contributed by atoms with E-state index in [2.05, 4.69) is 39.2 Å². The van der Waals surface area contributed by atoms with E-state index in [9.17, 15) is 9.59 Å². The molecule has 52 heavy (non-hydrogen) atoms. The van der Waals surface area contributed by atoms with Crippen molar-refractivity contribution in [1.29, 1.82) is 0 Å². The van der Waals surface area contributed by atoms with Gasteiger partial charge in [-0.15, -0.1) is 0 Å². The molecule has 0 spiro atoms. The van der Waals surface area contributed by atoms with Crippen molar-refractivity contribution in [2.45, 2.75) is 83.8 Å². The number of nitrogens with one attached hydrogen (secondary N) is 1. The number of carbonyl (C=O) groups is 2. The molecule has 2 heterocycles. The average Bonchev–Trinajstić information content (AvgIpc) is 3.41. The van der Waals surface area contributed by atoms with Crippen molar-refractivity contribution < 1.29 is 28.2 Å². The van der Waals surface area contributed by atoms with Gasteiger partial charge in [-0.3, -0.25) is 9.69 Å². The SMILES string of the molecule is CC(C)(C)[Si](C)(C)Oc1ccc(C2=CN3C(=O)/C(=C/c4ccc(OCCCCCCCCNC(=O)O)c(F)c4)N=C3C(Cc3ccccc3)=N2)cc1. The lowest BCUT2D eigenvalue weighted by molar-refractivity contribution is -0.120. The van der Waals surface area contributed by atoms with Crippen molar-refractivity contribution in [3.8, 4) is 11.5 Å². The molecule has 9 nitrogen and oxygen atoms in total. The molecule has 0 aromatic heterocycles. The van der Waals surface area contributed by atoms with E-state index in [-0.39, 0.29) is 22.4 Å². The lowest BCUT2D eigenvalue weighted by atomic mass is 10.0. The Morgan fingerprint density at radius 1 is 0.942 bits per heavy atom. The molecule has 2 N–H and O–H groups in total. The minimum Gasteiger partial charge on any atom is -0.544 e. The summed E-state index contributed by atoms with van der Waals surface area (Å²) in [5, 5.41) is 11.0. The number of amidine groups is 1. The maximum atomic E-state index is 15.1. The summed E-state index contributed by atoms with van der Waals surface area (Å²) in [6, 6.07) is 22.4. The van der Waals surface area contributed by atoms with Gasteiger partial charge in [-0.2, -0.15) is 0 Å². The highest BCUT2D eigenvalue weighted by Crippen LogP contribution is 2.38. The Hall–Kier alpha value is -5.03. The summed E-state index contributed by atoms with van der Waals surface area (Å²) in [5.74, 6) is 0.605. The van der Waals surface area contributed by atoms with Crippen molar-refractivity contribution in [3.05, 3.63) is 107 Å². The highest BCUT2D eigenvalue weighted by Gasteiger charge is 2.39. The average molecular weight is 725 g/mol. The van der Waals surface area contributed by atoms with E-state index < -0.39 is 20.2 Å². The predicted molar refractivity (Wildman–Crippen MR) is 208 cm³/mol. The molecular formula is C41H49FN4O5Si. The fourth-order valence-electron chi connectivity index (χ4n) is 5.58. The van der Waals surface area contributed by atoms with E-state index in [0.717, 1.165) is 55.4 Å². The highest BCUT2D eigenvalue weighted by atomic mass is 28.4. The Morgan fingerprint density at radius 3 is 2.31 bits per heavy atom. The number of ether oxygens (including phenoxy) is 1. The molecule has 0 saturated heterocycles. The van der Waals surface area contributed by atoms with Gasteiger partial charge in [0.1, 0.15) is 11.4 Å². The second-order valence-corrected chi connectivity index (χ2v) is 19.4. The second-order valence-electron chi connectivity index (χ2n) is 14.7. The molecule has 5 rings (SSSR count). The first-order valence-electron chi connectivity index (χ1n) is 18.0. The molecule has 3 aromatic carbocycles. The molecular weight excluding hydrogens is 676 g/mol. The smallest absolute Gasteiger partial charge is 0.404 e. The molecule has 2 aliphatic rings. The van der Waals surface area contributed by atoms with Crippen LogP contribution in [0.5, 0.6) is 11.5 Å². The number of hydrogen-bond acceptors (Lipinski definition) is 6. The molecule has 0 atom stereocenters. The van der Waals surface area contributed by atoms with Gasteiger partial charge in [0.25, 0.3) is 5.91 Å². The summed E-state index contributed by atoms with van der Waals surface area (Å²) in [7, 11) is -2.01. The van der Waals surface area contributed by atoms with Crippen LogP contribution in [0.3, 0.4) is 0 Å². The van der Waals surface area contributed by atoms with Gasteiger partial charge < -0.3 is 19.6 Å². The minimum atomic E-state index is -2.01. The maximum absolute atomic E-state index is 15.1. The summed E-state index contributed by atoms with van der Waals surface area (Å²) >= 11 is 0. The minimum absolute atomic E-state index is 0.0694. The third-order valence-electron chi connectivity index (χ3n) is 9.57. The summed E-state index contributed by atoms with van der Waals surface area (Å²) in [4.78, 5) is 35.5. The van der Waals surface area contributed by atoms with E-state index in [0.29, 0.717) is 42.4 Å². The van der Waals surface area contributed by atoms with E-state index >= 15 is 4.39 Å². The molecule has 2 aliphatic heterocycles. The number of aliphatic imine (C=N–C) groups is 2. The third-order valence-corrected chi connectivity index (χ3v) is 13.9. The summed E-state index contributed by atoms with van der Waals surface area (Å²) in [6.45, 7) is 11.9. The first-order valence-corrected chi connectivity index (χ1v) is 20.9. The fraction of sp³-hybridized carbons (Fsp3) is 0.366. The number of carbonyl (C=O) groups excluding carboxylic acids is 1. The summed E-state index contributed by atoms with van der Waals surface area (Å²) < 4.78 is 27.3. The molecule has 0 saturated carbocycles. The third kappa shape index (κ3) is 10.1. The van der Waals surface area contributed by atoms with Crippen LogP contribution in [-0.2, 0) is 11.2 Å². The van der Waals surface area contributed by atoms with E-state index in [1.807, 2.05) is 54.6 Å². The molecule has 0 aliphatic carbocycles. The van der Waals surface area contributed by atoms with E-state index in [1.54, 1.807) is 24.4 Å². The Balaban J connectivity index is 1.26. The van der Waals surface area contributed by atoms with E-state index in [4.69, 9.17) is 24.3 Å². The zero-order chi connectivity index (χ0) is 37.3. The zero-order valence-corrected chi connectivity index (χ0v) is 31.7. The van der Waals surface area contributed by atoms with Crippen LogP contribution in [0.2, 0.25) is 18.1 Å². The molecule has 11 heteroatoms. The quantitative estimate of drug-likeness (QED) is 0.0869. The lowest BCUT2D eigenvalue weighted by Crippen LogP contribution is -2.43. The molecule has 0 unspecified atom stereocenters. The Labute approximate surface area is 307 Å². The van der Waals surface area contributed by atoms with Gasteiger partial charge >= 0.3 is 6.09 Å². The van der Waals surface area contributed by atoms with Crippen molar-refractivity contribution in [3.63, 3.8) is 0 Å². The monoisotopic (exact) mass is 724 g/mol. The number of halogens is 1. The maximum Gasteiger partial charge on any atom is 0.404 e. The first-order chi connectivity index (χ1) is 24.8. The number of benzene rings is 3. The van der Waals surface area contributed by atoms with Gasteiger partial charge in [0.05, 0.1) is 18.0 Å². The van der Waals surface area contributed by atoms with E-state index in [1.165, 1.54) is 11.0 Å². The fourth-order valence-corrected chi connectivity index (χ4v) is 6.61. The predicted octanol–water partition coefficient (Wildman–Crippen LogP) is 9.47. The van der Waals surface area contributed by atoms with Gasteiger partial charge in [-0.05, 0) is 84.6 Å².